The van der Waals surface area contributed by atoms with Crippen molar-refractivity contribution < 1.29 is 14.4 Å². The predicted octanol–water partition coefficient (Wildman–Crippen LogP) is 4.19. The van der Waals surface area contributed by atoms with Crippen LogP contribution < -0.4 is 5.32 Å². The van der Waals surface area contributed by atoms with Crippen LogP contribution >= 0.6 is 0 Å². The van der Waals surface area contributed by atoms with Crippen LogP contribution in [0.2, 0.25) is 0 Å². The van der Waals surface area contributed by atoms with Gasteiger partial charge in [-0.05, 0) is 61.6 Å². The van der Waals surface area contributed by atoms with E-state index in [0.717, 1.165) is 51.6 Å². The fourth-order valence-corrected chi connectivity index (χ4v) is 6.09. The zero-order chi connectivity index (χ0) is 25.0. The number of piperidine rings is 1. The predicted molar refractivity (Wildman–Crippen MR) is 140 cm³/mol. The summed E-state index contributed by atoms with van der Waals surface area (Å²) in [6.45, 7) is 3.09. The Balaban J connectivity index is 1.16. The summed E-state index contributed by atoms with van der Waals surface area (Å²) in [5.74, 6) is 0.559. The van der Waals surface area contributed by atoms with Crippen molar-refractivity contribution in [1.82, 2.24) is 15.1 Å². The molecule has 3 saturated heterocycles. The molecule has 190 valence electrons. The van der Waals surface area contributed by atoms with Crippen LogP contribution in [0.1, 0.15) is 56.9 Å². The minimum absolute atomic E-state index is 0.0615. The molecule has 3 fully saturated rings. The normalized spacial score (nSPS) is 22.6. The second-order valence-corrected chi connectivity index (χ2v) is 10.8. The van der Waals surface area contributed by atoms with Crippen LogP contribution in [0.5, 0.6) is 0 Å². The van der Waals surface area contributed by atoms with E-state index >= 15 is 0 Å². The van der Waals surface area contributed by atoms with Gasteiger partial charge in [-0.1, -0.05) is 54.6 Å². The molecule has 2 aromatic carbocycles. The maximum atomic E-state index is 13.1. The largest absolute Gasteiger partial charge is 0.350 e. The average Bonchev–Trinajstić information content (AvgIpc) is 3.59. The molecule has 3 aliphatic rings. The summed E-state index contributed by atoms with van der Waals surface area (Å²) in [5.41, 5.74) is 3.16. The number of hydrogen-bond donors (Lipinski definition) is 1. The van der Waals surface area contributed by atoms with Crippen molar-refractivity contribution in [3.63, 3.8) is 0 Å². The summed E-state index contributed by atoms with van der Waals surface area (Å²) in [6, 6.07) is 18.8. The van der Waals surface area contributed by atoms with Gasteiger partial charge in [0.1, 0.15) is 0 Å². The van der Waals surface area contributed by atoms with E-state index in [1.807, 2.05) is 28.0 Å². The maximum Gasteiger partial charge on any atom is 0.225 e. The monoisotopic (exact) mass is 487 g/mol. The Labute approximate surface area is 214 Å². The molecule has 0 aromatic heterocycles. The smallest absolute Gasteiger partial charge is 0.225 e. The van der Waals surface area contributed by atoms with E-state index in [9.17, 15) is 14.4 Å². The van der Waals surface area contributed by atoms with Crippen LogP contribution in [0.15, 0.2) is 54.6 Å². The van der Waals surface area contributed by atoms with Crippen molar-refractivity contribution in [2.24, 2.45) is 5.92 Å². The molecular weight excluding hydrogens is 450 g/mol. The van der Waals surface area contributed by atoms with E-state index in [4.69, 9.17) is 0 Å². The van der Waals surface area contributed by atoms with Gasteiger partial charge in [0.25, 0.3) is 0 Å². The Morgan fingerprint density at radius 2 is 1.53 bits per heavy atom. The Bertz CT molecular complexity index is 1070. The number of carbonyl (C=O) groups is 3. The molecule has 6 heteroatoms. The fraction of sp³-hybridized carbons (Fsp3) is 0.500. The molecule has 3 aliphatic heterocycles. The first-order chi connectivity index (χ1) is 17.5. The van der Waals surface area contributed by atoms with Crippen molar-refractivity contribution >= 4 is 17.7 Å². The lowest BCUT2D eigenvalue weighted by Gasteiger charge is -2.34. The van der Waals surface area contributed by atoms with Crippen LogP contribution in [0.3, 0.4) is 0 Å². The lowest BCUT2D eigenvalue weighted by Crippen LogP contribution is -2.46. The molecule has 1 atom stereocenters. The number of likely N-dealkylation sites (tertiary alicyclic amines) is 2. The number of rotatable bonds is 7. The first kappa shape index (κ1) is 24.5. The summed E-state index contributed by atoms with van der Waals surface area (Å²) in [7, 11) is 0. The summed E-state index contributed by atoms with van der Waals surface area (Å²) < 4.78 is 0. The molecule has 2 aromatic rings. The van der Waals surface area contributed by atoms with Gasteiger partial charge in [0.15, 0.2) is 0 Å². The molecule has 0 saturated carbocycles. The number of hydrogen-bond acceptors (Lipinski definition) is 3. The van der Waals surface area contributed by atoms with Gasteiger partial charge in [-0.2, -0.15) is 0 Å². The summed E-state index contributed by atoms with van der Waals surface area (Å²) in [5, 5.41) is 3.21. The van der Waals surface area contributed by atoms with Crippen LogP contribution in [-0.4, -0.2) is 59.2 Å². The minimum Gasteiger partial charge on any atom is -0.350 e. The van der Waals surface area contributed by atoms with Crippen molar-refractivity contribution in [3.05, 3.63) is 60.2 Å². The first-order valence-corrected chi connectivity index (χ1v) is 13.5. The lowest BCUT2D eigenvalue weighted by molar-refractivity contribution is -0.140. The van der Waals surface area contributed by atoms with Gasteiger partial charge >= 0.3 is 0 Å². The van der Waals surface area contributed by atoms with E-state index in [1.165, 1.54) is 16.7 Å². The Morgan fingerprint density at radius 1 is 0.861 bits per heavy atom. The minimum atomic E-state index is -0.370. The number of benzene rings is 2. The number of carbonyl (C=O) groups excluding carboxylic acids is 3. The standard InChI is InChI=1S/C30H37N3O3/c34-27-12-16-30(31-27,22-23-8-10-25(11-9-23)24-6-2-1-3-7-24)17-13-28(35)32-20-14-26(15-21-32)29(36)33-18-4-5-19-33/h1-3,6-11,26H,4-5,12-22H2,(H,31,34). The van der Waals surface area contributed by atoms with Crippen LogP contribution in [0.25, 0.3) is 11.1 Å². The van der Waals surface area contributed by atoms with E-state index in [2.05, 4.69) is 41.7 Å². The molecule has 1 unspecified atom stereocenters. The zero-order valence-corrected chi connectivity index (χ0v) is 21.1. The third-order valence-corrected chi connectivity index (χ3v) is 8.27. The van der Waals surface area contributed by atoms with E-state index < -0.39 is 0 Å². The average molecular weight is 488 g/mol. The number of nitrogens with zero attached hydrogens (tertiary/aromatic N) is 2. The molecule has 3 amide bonds. The molecule has 0 bridgehead atoms. The highest BCUT2D eigenvalue weighted by Gasteiger charge is 2.39. The van der Waals surface area contributed by atoms with Crippen LogP contribution in [0.4, 0.5) is 0 Å². The molecule has 1 N–H and O–H groups in total. The van der Waals surface area contributed by atoms with Gasteiger partial charge in [0.05, 0.1) is 0 Å². The molecule has 5 rings (SSSR count). The fourth-order valence-electron chi connectivity index (χ4n) is 6.09. The second kappa shape index (κ2) is 10.9. The maximum absolute atomic E-state index is 13.1. The van der Waals surface area contributed by atoms with Crippen molar-refractivity contribution in [3.8, 4) is 11.1 Å². The first-order valence-electron chi connectivity index (χ1n) is 13.5. The highest BCUT2D eigenvalue weighted by atomic mass is 16.2. The van der Waals surface area contributed by atoms with Gasteiger partial charge in [-0.3, -0.25) is 14.4 Å². The molecule has 0 radical (unpaired) electrons. The summed E-state index contributed by atoms with van der Waals surface area (Å²) >= 11 is 0. The van der Waals surface area contributed by atoms with Crippen LogP contribution in [0, 0.1) is 5.92 Å². The molecule has 0 spiro atoms. The molecule has 3 heterocycles. The highest BCUT2D eigenvalue weighted by Crippen LogP contribution is 2.31. The highest BCUT2D eigenvalue weighted by molar-refractivity contribution is 5.81. The molecule has 6 nitrogen and oxygen atoms in total. The third-order valence-electron chi connectivity index (χ3n) is 8.27. The van der Waals surface area contributed by atoms with E-state index in [1.54, 1.807) is 0 Å². The zero-order valence-electron chi connectivity index (χ0n) is 21.1. The number of nitrogens with one attached hydrogen (secondary N) is 1. The molecular formula is C30H37N3O3. The van der Waals surface area contributed by atoms with Gasteiger partial charge in [0, 0.05) is 50.5 Å². The van der Waals surface area contributed by atoms with Crippen LogP contribution in [-0.2, 0) is 20.8 Å². The lowest BCUT2D eigenvalue weighted by atomic mass is 9.84. The SMILES string of the molecule is O=C1CCC(CCC(=O)N2CCC(C(=O)N3CCCC3)CC2)(Cc2ccc(-c3ccccc3)cc2)N1. The molecule has 0 aliphatic carbocycles. The summed E-state index contributed by atoms with van der Waals surface area (Å²) in [4.78, 5) is 41.9. The summed E-state index contributed by atoms with van der Waals surface area (Å²) in [6.07, 6.45) is 6.81. The van der Waals surface area contributed by atoms with E-state index in [-0.39, 0.29) is 29.2 Å². The Morgan fingerprint density at radius 3 is 2.17 bits per heavy atom. The van der Waals surface area contributed by atoms with Gasteiger partial charge in [-0.25, -0.2) is 0 Å². The van der Waals surface area contributed by atoms with Crippen molar-refractivity contribution in [2.75, 3.05) is 26.2 Å². The van der Waals surface area contributed by atoms with Crippen molar-refractivity contribution in [1.29, 1.82) is 0 Å². The number of amides is 3. The third kappa shape index (κ3) is 5.63. The Kier molecular flexibility index (Phi) is 7.40. The van der Waals surface area contributed by atoms with E-state index in [0.29, 0.717) is 32.4 Å². The quantitative estimate of drug-likeness (QED) is 0.637. The van der Waals surface area contributed by atoms with Gasteiger partial charge in [-0.15, -0.1) is 0 Å². The van der Waals surface area contributed by atoms with Gasteiger partial charge < -0.3 is 15.1 Å². The second-order valence-electron chi connectivity index (χ2n) is 10.8. The Hall–Kier alpha value is -3.15. The molecule has 36 heavy (non-hydrogen) atoms. The topological polar surface area (TPSA) is 69.7 Å². The van der Waals surface area contributed by atoms with Gasteiger partial charge in [0.2, 0.25) is 17.7 Å². The van der Waals surface area contributed by atoms with Crippen molar-refractivity contribution in [2.45, 2.75) is 63.3 Å².